The van der Waals surface area contributed by atoms with Crippen LogP contribution >= 0.6 is 15.2 Å². The van der Waals surface area contributed by atoms with Crippen LogP contribution in [0.4, 0.5) is 0 Å². The molecule has 0 spiro atoms. The lowest BCUT2D eigenvalue weighted by molar-refractivity contribution is 0.277. The minimum atomic E-state index is -5.10. The van der Waals surface area contributed by atoms with E-state index in [2.05, 4.69) is 4.99 Å². The third-order valence-electron chi connectivity index (χ3n) is 2.74. The Balaban J connectivity index is 3.49. The summed E-state index contributed by atoms with van der Waals surface area (Å²) in [6.45, 7) is 0.0905. The number of aliphatic imine (C=N–C) groups is 1. The van der Waals surface area contributed by atoms with E-state index in [4.69, 9.17) is 0 Å². The second kappa shape index (κ2) is 4.59. The summed E-state index contributed by atoms with van der Waals surface area (Å²) in [5, 5.41) is -2.67. The molecule has 0 atom stereocenters. The average molecular weight is 301 g/mol. The van der Waals surface area contributed by atoms with Crippen molar-refractivity contribution in [3.8, 4) is 0 Å². The topological polar surface area (TPSA) is 134 Å². The van der Waals surface area contributed by atoms with Gasteiger partial charge in [-0.05, 0) is 0 Å². The van der Waals surface area contributed by atoms with Crippen molar-refractivity contribution >= 4 is 21.2 Å². The van der Waals surface area contributed by atoms with Crippen molar-refractivity contribution in [1.82, 2.24) is 9.80 Å². The van der Waals surface area contributed by atoms with E-state index in [-0.39, 0.29) is 12.5 Å². The van der Waals surface area contributed by atoms with Crippen LogP contribution in [-0.2, 0) is 9.13 Å². The molecule has 1 rings (SSSR count). The summed E-state index contributed by atoms with van der Waals surface area (Å²) in [4.78, 5) is 43.9. The van der Waals surface area contributed by atoms with E-state index in [1.807, 2.05) is 0 Å². The summed E-state index contributed by atoms with van der Waals surface area (Å²) in [6, 6.07) is 0. The normalized spacial score (nSPS) is 20.6. The molecule has 11 heteroatoms. The van der Waals surface area contributed by atoms with Crippen molar-refractivity contribution in [2.24, 2.45) is 4.99 Å². The maximum absolute atomic E-state index is 11.5. The van der Waals surface area contributed by atoms with Crippen LogP contribution in [0.2, 0.25) is 0 Å². The molecular formula is C7H17N3O6P2. The SMILES string of the molecule is CN(C)C1=NC(P(=O)(O)O)(P(=O)(O)O)CCN1C. The van der Waals surface area contributed by atoms with E-state index < -0.39 is 26.6 Å². The van der Waals surface area contributed by atoms with Gasteiger partial charge in [0.05, 0.1) is 0 Å². The zero-order chi connectivity index (χ0) is 14.4. The highest BCUT2D eigenvalue weighted by atomic mass is 31.2. The van der Waals surface area contributed by atoms with Crippen molar-refractivity contribution in [1.29, 1.82) is 0 Å². The van der Waals surface area contributed by atoms with Crippen molar-refractivity contribution in [2.45, 2.75) is 11.4 Å². The van der Waals surface area contributed by atoms with Gasteiger partial charge in [-0.25, -0.2) is 4.99 Å². The predicted octanol–water partition coefficient (Wildman–Crippen LogP) is -0.751. The van der Waals surface area contributed by atoms with Crippen LogP contribution in [0.15, 0.2) is 4.99 Å². The molecule has 106 valence electrons. The third kappa shape index (κ3) is 2.47. The number of hydrogen-bond donors (Lipinski definition) is 4. The Morgan fingerprint density at radius 2 is 1.67 bits per heavy atom. The molecular weight excluding hydrogens is 284 g/mol. The molecule has 1 heterocycles. The maximum atomic E-state index is 11.5. The summed E-state index contributed by atoms with van der Waals surface area (Å²) in [5.74, 6) is 0.118. The Bertz CT molecular complexity index is 430. The lowest BCUT2D eigenvalue weighted by Crippen LogP contribution is -2.47. The Labute approximate surface area is 104 Å². The highest BCUT2D eigenvalue weighted by molar-refractivity contribution is 7.72. The first kappa shape index (κ1) is 15.6. The van der Waals surface area contributed by atoms with Crippen LogP contribution in [0.3, 0.4) is 0 Å². The maximum Gasteiger partial charge on any atom is 0.365 e. The molecule has 0 fully saturated rings. The fraction of sp³-hybridized carbons (Fsp3) is 0.857. The minimum absolute atomic E-state index is 0.0905. The van der Waals surface area contributed by atoms with Crippen LogP contribution in [0.5, 0.6) is 0 Å². The van der Waals surface area contributed by atoms with Gasteiger partial charge in [0.15, 0.2) is 5.96 Å². The van der Waals surface area contributed by atoms with Crippen molar-refractivity contribution in [3.63, 3.8) is 0 Å². The van der Waals surface area contributed by atoms with E-state index >= 15 is 0 Å². The zero-order valence-corrected chi connectivity index (χ0v) is 12.0. The highest BCUT2D eigenvalue weighted by Crippen LogP contribution is 2.72. The summed E-state index contributed by atoms with van der Waals surface area (Å²) in [6.07, 6.45) is -0.407. The van der Waals surface area contributed by atoms with Gasteiger partial charge in [0.1, 0.15) is 0 Å². The molecule has 4 N–H and O–H groups in total. The Hall–Kier alpha value is -0.430. The summed E-state index contributed by atoms with van der Waals surface area (Å²) >= 11 is 0. The molecule has 0 radical (unpaired) electrons. The van der Waals surface area contributed by atoms with Crippen LogP contribution in [0, 0.1) is 0 Å². The molecule has 0 aromatic carbocycles. The number of rotatable bonds is 2. The second-order valence-electron chi connectivity index (χ2n) is 4.34. The van der Waals surface area contributed by atoms with Crippen LogP contribution < -0.4 is 0 Å². The molecule has 0 bridgehead atoms. The smallest absolute Gasteiger partial charge is 0.349 e. The molecule has 0 aromatic rings. The Morgan fingerprint density at radius 1 is 1.22 bits per heavy atom. The van der Waals surface area contributed by atoms with Crippen molar-refractivity contribution in [3.05, 3.63) is 0 Å². The molecule has 0 unspecified atom stereocenters. The first-order valence-electron chi connectivity index (χ1n) is 5.02. The van der Waals surface area contributed by atoms with E-state index in [1.165, 1.54) is 4.90 Å². The van der Waals surface area contributed by atoms with Gasteiger partial charge in [-0.15, -0.1) is 0 Å². The lowest BCUT2D eigenvalue weighted by Gasteiger charge is -2.40. The van der Waals surface area contributed by atoms with E-state index in [0.717, 1.165) is 0 Å². The number of hydrogen-bond acceptors (Lipinski definition) is 5. The summed E-state index contributed by atoms with van der Waals surface area (Å²) in [7, 11) is -5.43. The predicted molar refractivity (Wildman–Crippen MR) is 65.2 cm³/mol. The summed E-state index contributed by atoms with van der Waals surface area (Å²) in [5.41, 5.74) is 0. The second-order valence-corrected chi connectivity index (χ2v) is 8.35. The van der Waals surface area contributed by atoms with Gasteiger partial charge in [-0.3, -0.25) is 9.13 Å². The van der Waals surface area contributed by atoms with Crippen molar-refractivity contribution in [2.75, 3.05) is 27.7 Å². The van der Waals surface area contributed by atoms with Gasteiger partial charge in [-0.2, -0.15) is 0 Å². The minimum Gasteiger partial charge on any atom is -0.349 e. The fourth-order valence-corrected chi connectivity index (χ4v) is 4.33. The molecule has 1 aliphatic heterocycles. The first-order chi connectivity index (χ1) is 7.92. The standard InChI is InChI=1S/C7H17N3O6P2/c1-9(2)6-8-7(17(11,12)13,18(14,15)16)4-5-10(6)3/h4-5H2,1-3H3,(H2,11,12,13)(H2,14,15,16). The van der Waals surface area contributed by atoms with Gasteiger partial charge in [-0.1, -0.05) is 0 Å². The largest absolute Gasteiger partial charge is 0.365 e. The van der Waals surface area contributed by atoms with Crippen molar-refractivity contribution < 1.29 is 28.7 Å². The molecule has 0 aromatic heterocycles. The molecule has 9 nitrogen and oxygen atoms in total. The van der Waals surface area contributed by atoms with Gasteiger partial charge in [0.2, 0.25) is 0 Å². The monoisotopic (exact) mass is 301 g/mol. The van der Waals surface area contributed by atoms with Gasteiger partial charge < -0.3 is 29.4 Å². The Kier molecular flexibility index (Phi) is 3.99. The quantitative estimate of drug-likeness (QED) is 0.489. The van der Waals surface area contributed by atoms with E-state index in [9.17, 15) is 28.7 Å². The van der Waals surface area contributed by atoms with E-state index in [1.54, 1.807) is 26.0 Å². The molecule has 0 saturated heterocycles. The summed E-state index contributed by atoms with van der Waals surface area (Å²) < 4.78 is 23.0. The van der Waals surface area contributed by atoms with Gasteiger partial charge in [0.25, 0.3) is 5.02 Å². The van der Waals surface area contributed by atoms with Crippen LogP contribution in [0.25, 0.3) is 0 Å². The molecule has 18 heavy (non-hydrogen) atoms. The number of guanidine groups is 1. The van der Waals surface area contributed by atoms with Gasteiger partial charge >= 0.3 is 15.2 Å². The number of nitrogens with zero attached hydrogens (tertiary/aromatic N) is 3. The fourth-order valence-electron chi connectivity index (χ4n) is 1.75. The zero-order valence-electron chi connectivity index (χ0n) is 10.3. The highest BCUT2D eigenvalue weighted by Gasteiger charge is 2.62. The molecule has 0 aliphatic carbocycles. The lowest BCUT2D eigenvalue weighted by atomic mass is 10.3. The van der Waals surface area contributed by atoms with E-state index in [0.29, 0.717) is 0 Å². The van der Waals surface area contributed by atoms with Crippen LogP contribution in [0.1, 0.15) is 6.42 Å². The molecule has 1 aliphatic rings. The molecule has 0 saturated carbocycles. The average Bonchev–Trinajstić information content (AvgIpc) is 2.13. The van der Waals surface area contributed by atoms with Crippen LogP contribution in [-0.4, -0.2) is 68.0 Å². The molecule has 0 amide bonds. The van der Waals surface area contributed by atoms with Gasteiger partial charge in [0, 0.05) is 34.1 Å². The first-order valence-corrected chi connectivity index (χ1v) is 8.24. The third-order valence-corrected chi connectivity index (χ3v) is 6.81. The Morgan fingerprint density at radius 3 is 2.00 bits per heavy atom.